The number of methoxy groups -OCH3 is 1. The Morgan fingerprint density at radius 2 is 1.93 bits per heavy atom. The SMILES string of the molecule is CO[C@H]1[C@H](N)C[C@H](c2ccncc2NC(=O)C2C=CC(F)(c3c(F)cc(C4(O)CCOCC4)cc3F)C=N2)C[C@@H]1C. The number of dihydropyridines is 1. The number of alkyl halides is 1. The first-order valence-electron chi connectivity index (χ1n) is 13.8. The molecule has 0 bridgehead atoms. The van der Waals surface area contributed by atoms with Crippen molar-refractivity contribution in [1.82, 2.24) is 4.98 Å². The van der Waals surface area contributed by atoms with Crippen molar-refractivity contribution in [2.75, 3.05) is 25.6 Å². The third-order valence-corrected chi connectivity index (χ3v) is 8.52. The first-order valence-corrected chi connectivity index (χ1v) is 13.8. The molecule has 220 valence electrons. The second kappa shape index (κ2) is 11.6. The van der Waals surface area contributed by atoms with E-state index in [9.17, 15) is 9.90 Å². The fourth-order valence-electron chi connectivity index (χ4n) is 6.32. The number of carbonyl (C=O) groups is 1. The minimum absolute atomic E-state index is 0.0236. The van der Waals surface area contributed by atoms with E-state index in [4.69, 9.17) is 15.2 Å². The summed E-state index contributed by atoms with van der Waals surface area (Å²) < 4.78 is 56.8. The lowest BCUT2D eigenvalue weighted by Gasteiger charge is -2.38. The number of nitrogens with zero attached hydrogens (tertiary/aromatic N) is 2. The van der Waals surface area contributed by atoms with Crippen LogP contribution in [0.15, 0.2) is 47.7 Å². The Balaban J connectivity index is 1.31. The van der Waals surface area contributed by atoms with Crippen LogP contribution in [0, 0.1) is 17.6 Å². The standard InChI is InChI=1S/C30H35F3N4O4/c1-17-11-18(12-23(34)27(17)40-2)20-4-8-35-15-25(20)37-28(38)24-3-5-29(33,16-36-24)26-21(31)13-19(14-22(26)32)30(39)6-9-41-10-7-30/h3-5,8,13-18,23-24,27,39H,6-7,9-12,34H2,1-2H3,(H,37,38)/t17-,18+,23+,24?,27+,29?/m0/s1. The lowest BCUT2D eigenvalue weighted by Crippen LogP contribution is -2.45. The number of pyridine rings is 1. The van der Waals surface area contributed by atoms with Crippen LogP contribution in [0.4, 0.5) is 18.9 Å². The summed E-state index contributed by atoms with van der Waals surface area (Å²) in [5, 5.41) is 13.6. The predicted molar refractivity (Wildman–Crippen MR) is 147 cm³/mol. The average molecular weight is 573 g/mol. The van der Waals surface area contributed by atoms with Gasteiger partial charge in [0, 0.05) is 51.6 Å². The Morgan fingerprint density at radius 1 is 1.22 bits per heavy atom. The first kappa shape index (κ1) is 29.4. The van der Waals surface area contributed by atoms with Crippen LogP contribution in [0.5, 0.6) is 0 Å². The Hall–Kier alpha value is -3.12. The van der Waals surface area contributed by atoms with Crippen molar-refractivity contribution in [3.8, 4) is 0 Å². The molecule has 1 aliphatic carbocycles. The molecule has 1 aromatic carbocycles. The van der Waals surface area contributed by atoms with Gasteiger partial charge in [0.25, 0.3) is 5.91 Å². The van der Waals surface area contributed by atoms with Gasteiger partial charge in [-0.3, -0.25) is 14.8 Å². The number of amides is 1. The molecule has 8 nitrogen and oxygen atoms in total. The summed E-state index contributed by atoms with van der Waals surface area (Å²) in [6.07, 6.45) is 7.79. The molecular weight excluding hydrogens is 537 g/mol. The number of nitrogens with two attached hydrogens (primary N) is 1. The highest BCUT2D eigenvalue weighted by Gasteiger charge is 2.40. The Morgan fingerprint density at radius 3 is 2.54 bits per heavy atom. The number of nitrogens with one attached hydrogen (secondary N) is 1. The molecule has 0 spiro atoms. The fourth-order valence-corrected chi connectivity index (χ4v) is 6.32. The first-order chi connectivity index (χ1) is 19.5. The molecule has 1 aromatic heterocycles. The number of hydrogen-bond donors (Lipinski definition) is 3. The van der Waals surface area contributed by atoms with Crippen LogP contribution in [-0.4, -0.2) is 60.7 Å². The van der Waals surface area contributed by atoms with Crippen molar-refractivity contribution < 1.29 is 32.5 Å². The number of ether oxygens (including phenoxy) is 2. The molecule has 1 saturated carbocycles. The zero-order chi connectivity index (χ0) is 29.4. The second-order valence-corrected chi connectivity index (χ2v) is 11.3. The normalized spacial score (nSPS) is 31.1. The number of hydrogen-bond acceptors (Lipinski definition) is 7. The van der Waals surface area contributed by atoms with E-state index < -0.39 is 40.4 Å². The number of anilines is 1. The molecule has 1 saturated heterocycles. The van der Waals surface area contributed by atoms with E-state index >= 15 is 13.2 Å². The lowest BCUT2D eigenvalue weighted by molar-refractivity contribution is -0.116. The Labute approximate surface area is 236 Å². The minimum atomic E-state index is -2.71. The monoisotopic (exact) mass is 572 g/mol. The number of benzene rings is 1. The predicted octanol–water partition coefficient (Wildman–Crippen LogP) is 4.03. The van der Waals surface area contributed by atoms with Crippen LogP contribution in [-0.2, 0) is 25.5 Å². The highest BCUT2D eigenvalue weighted by molar-refractivity contribution is 5.98. The highest BCUT2D eigenvalue weighted by Crippen LogP contribution is 2.40. The summed E-state index contributed by atoms with van der Waals surface area (Å²) in [6.45, 7) is 2.57. The van der Waals surface area contributed by atoms with Crippen LogP contribution in [0.2, 0.25) is 0 Å². The molecule has 1 amide bonds. The zero-order valence-electron chi connectivity index (χ0n) is 23.0. The molecule has 4 N–H and O–H groups in total. The van der Waals surface area contributed by atoms with Gasteiger partial charge in [-0.05, 0) is 60.1 Å². The molecule has 2 aliphatic heterocycles. The van der Waals surface area contributed by atoms with Crippen molar-refractivity contribution in [2.24, 2.45) is 16.6 Å². The number of allylic oxidation sites excluding steroid dienone is 1. The summed E-state index contributed by atoms with van der Waals surface area (Å²) in [7, 11) is 1.65. The lowest BCUT2D eigenvalue weighted by atomic mass is 9.74. The van der Waals surface area contributed by atoms with Crippen molar-refractivity contribution in [3.05, 3.63) is 71.1 Å². The fraction of sp³-hybridized carbons (Fsp3) is 0.500. The maximum Gasteiger partial charge on any atom is 0.253 e. The molecule has 2 fully saturated rings. The number of carbonyl (C=O) groups excluding carboxylic acids is 1. The number of halogens is 3. The van der Waals surface area contributed by atoms with E-state index in [1.807, 2.05) is 6.07 Å². The van der Waals surface area contributed by atoms with Gasteiger partial charge in [0.15, 0.2) is 5.67 Å². The van der Waals surface area contributed by atoms with Crippen molar-refractivity contribution in [1.29, 1.82) is 0 Å². The van der Waals surface area contributed by atoms with Crippen molar-refractivity contribution in [2.45, 2.75) is 68.0 Å². The van der Waals surface area contributed by atoms with E-state index in [0.29, 0.717) is 12.1 Å². The number of aromatic nitrogens is 1. The van der Waals surface area contributed by atoms with Crippen LogP contribution < -0.4 is 11.1 Å². The maximum atomic E-state index is 15.8. The molecular formula is C30H35F3N4O4. The van der Waals surface area contributed by atoms with Gasteiger partial charge in [0.2, 0.25) is 0 Å². The van der Waals surface area contributed by atoms with E-state index in [1.165, 1.54) is 6.08 Å². The van der Waals surface area contributed by atoms with Gasteiger partial charge in [0.05, 0.1) is 29.2 Å². The largest absolute Gasteiger partial charge is 0.385 e. The average Bonchev–Trinajstić information content (AvgIpc) is 2.93. The minimum Gasteiger partial charge on any atom is -0.385 e. The van der Waals surface area contributed by atoms with E-state index in [-0.39, 0.29) is 55.6 Å². The molecule has 5 rings (SSSR count). The highest BCUT2D eigenvalue weighted by atomic mass is 19.2. The Kier molecular flexibility index (Phi) is 8.34. The molecule has 2 unspecified atom stereocenters. The third kappa shape index (κ3) is 5.81. The molecule has 41 heavy (non-hydrogen) atoms. The van der Waals surface area contributed by atoms with Gasteiger partial charge in [-0.1, -0.05) is 13.0 Å². The topological polar surface area (TPSA) is 119 Å². The molecule has 3 heterocycles. The third-order valence-electron chi connectivity index (χ3n) is 8.52. The van der Waals surface area contributed by atoms with E-state index in [2.05, 4.69) is 22.2 Å². The van der Waals surface area contributed by atoms with Crippen LogP contribution >= 0.6 is 0 Å². The number of aliphatic hydroxyl groups is 1. The summed E-state index contributed by atoms with van der Waals surface area (Å²) in [4.78, 5) is 21.2. The van der Waals surface area contributed by atoms with Gasteiger partial charge in [-0.25, -0.2) is 13.2 Å². The molecule has 2 aromatic rings. The van der Waals surface area contributed by atoms with Crippen LogP contribution in [0.25, 0.3) is 0 Å². The zero-order valence-corrected chi connectivity index (χ0v) is 23.0. The molecule has 11 heteroatoms. The summed E-state index contributed by atoms with van der Waals surface area (Å²) in [6, 6.07) is 2.45. The van der Waals surface area contributed by atoms with Gasteiger partial charge >= 0.3 is 0 Å². The molecule has 6 atom stereocenters. The van der Waals surface area contributed by atoms with Gasteiger partial charge in [-0.15, -0.1) is 0 Å². The van der Waals surface area contributed by atoms with Crippen LogP contribution in [0.3, 0.4) is 0 Å². The quantitative estimate of drug-likeness (QED) is 0.450. The van der Waals surface area contributed by atoms with Gasteiger partial charge in [0.1, 0.15) is 17.7 Å². The summed E-state index contributed by atoms with van der Waals surface area (Å²) in [5.74, 6) is -2.57. The van der Waals surface area contributed by atoms with Crippen molar-refractivity contribution in [3.63, 3.8) is 0 Å². The van der Waals surface area contributed by atoms with E-state index in [0.717, 1.165) is 36.4 Å². The second-order valence-electron chi connectivity index (χ2n) is 11.3. The number of rotatable bonds is 6. The van der Waals surface area contributed by atoms with Gasteiger partial charge < -0.3 is 25.6 Å². The van der Waals surface area contributed by atoms with Gasteiger partial charge in [-0.2, -0.15) is 0 Å². The maximum absolute atomic E-state index is 15.8. The number of aliphatic imine (C=N–C) groups is 1. The molecule has 0 radical (unpaired) electrons. The molecule has 3 aliphatic rings. The van der Waals surface area contributed by atoms with Crippen molar-refractivity contribution >= 4 is 17.8 Å². The van der Waals surface area contributed by atoms with Crippen LogP contribution in [0.1, 0.15) is 55.2 Å². The van der Waals surface area contributed by atoms with E-state index in [1.54, 1.807) is 19.5 Å². The Bertz CT molecular complexity index is 1300. The summed E-state index contributed by atoms with van der Waals surface area (Å²) in [5.41, 5.74) is 2.73. The summed E-state index contributed by atoms with van der Waals surface area (Å²) >= 11 is 0. The smallest absolute Gasteiger partial charge is 0.253 e.